The molecule has 2 rings (SSSR count). The van der Waals surface area contributed by atoms with E-state index in [1.54, 1.807) is 7.11 Å². The molecule has 0 aliphatic rings. The Hall–Kier alpha value is -1.75. The van der Waals surface area contributed by atoms with Crippen molar-refractivity contribution in [2.75, 3.05) is 7.11 Å². The molecule has 1 aromatic heterocycles. The minimum absolute atomic E-state index is 0.0963. The summed E-state index contributed by atoms with van der Waals surface area (Å²) in [6, 6.07) is 9.39. The number of carbonyl (C=O) groups excluding carboxylic acids is 1. The van der Waals surface area contributed by atoms with Crippen LogP contribution >= 0.6 is 15.9 Å². The van der Waals surface area contributed by atoms with Crippen LogP contribution in [0.1, 0.15) is 35.9 Å². The van der Waals surface area contributed by atoms with Crippen molar-refractivity contribution in [3.8, 4) is 5.75 Å². The number of rotatable bonds is 5. The maximum absolute atomic E-state index is 12.4. The van der Waals surface area contributed by atoms with Crippen LogP contribution in [0.5, 0.6) is 5.75 Å². The van der Waals surface area contributed by atoms with E-state index in [1.807, 2.05) is 54.9 Å². The van der Waals surface area contributed by atoms with Gasteiger partial charge in [0.2, 0.25) is 0 Å². The molecule has 1 N–H and O–H groups in total. The van der Waals surface area contributed by atoms with Gasteiger partial charge in [-0.2, -0.15) is 0 Å². The fraction of sp³-hybridized carbons (Fsp3) is 0.312. The number of aryl methyl sites for hydroxylation is 1. The highest BCUT2D eigenvalue weighted by Crippen LogP contribution is 2.25. The van der Waals surface area contributed by atoms with Crippen LogP contribution < -0.4 is 10.1 Å². The molecule has 0 aliphatic carbocycles. The van der Waals surface area contributed by atoms with Crippen molar-refractivity contribution in [3.05, 3.63) is 52.3 Å². The number of carbonyl (C=O) groups is 1. The van der Waals surface area contributed by atoms with Gasteiger partial charge in [-0.3, -0.25) is 4.79 Å². The van der Waals surface area contributed by atoms with Crippen LogP contribution in [0.2, 0.25) is 0 Å². The number of amides is 1. The molecule has 0 bridgehead atoms. The smallest absolute Gasteiger partial charge is 0.268 e. The average molecular weight is 351 g/mol. The molecule has 2 aromatic rings. The molecule has 1 atom stereocenters. The summed E-state index contributed by atoms with van der Waals surface area (Å²) in [5.41, 5.74) is 1.60. The summed E-state index contributed by atoms with van der Waals surface area (Å²) in [5.74, 6) is 0.679. The minimum Gasteiger partial charge on any atom is -0.496 e. The lowest BCUT2D eigenvalue weighted by Gasteiger charge is -2.17. The van der Waals surface area contributed by atoms with Crippen molar-refractivity contribution < 1.29 is 9.53 Å². The molecular weight excluding hydrogens is 332 g/mol. The van der Waals surface area contributed by atoms with E-state index in [1.165, 1.54) is 0 Å². The van der Waals surface area contributed by atoms with Crippen LogP contribution in [0.3, 0.4) is 0 Å². The molecule has 1 amide bonds. The summed E-state index contributed by atoms with van der Waals surface area (Å²) >= 11 is 3.41. The number of benzene rings is 1. The van der Waals surface area contributed by atoms with Gasteiger partial charge in [0, 0.05) is 22.8 Å². The first kappa shape index (κ1) is 15.6. The molecule has 0 spiro atoms. The second-order valence-electron chi connectivity index (χ2n) is 4.77. The normalized spacial score (nSPS) is 12.0. The van der Waals surface area contributed by atoms with Crippen molar-refractivity contribution in [2.45, 2.75) is 26.4 Å². The third-order valence-electron chi connectivity index (χ3n) is 3.39. The third-order valence-corrected chi connectivity index (χ3v) is 3.82. The zero-order valence-electron chi connectivity index (χ0n) is 12.4. The van der Waals surface area contributed by atoms with E-state index in [9.17, 15) is 4.79 Å². The first-order valence-corrected chi connectivity index (χ1v) is 7.65. The quantitative estimate of drug-likeness (QED) is 0.891. The highest BCUT2D eigenvalue weighted by atomic mass is 79.9. The van der Waals surface area contributed by atoms with E-state index in [4.69, 9.17) is 4.74 Å². The Morgan fingerprint density at radius 1 is 1.43 bits per heavy atom. The Bertz CT molecular complexity index is 637. The largest absolute Gasteiger partial charge is 0.496 e. The van der Waals surface area contributed by atoms with Gasteiger partial charge in [-0.25, -0.2) is 0 Å². The van der Waals surface area contributed by atoms with Crippen molar-refractivity contribution in [1.29, 1.82) is 0 Å². The molecule has 112 valence electrons. The number of halogens is 1. The molecule has 4 nitrogen and oxygen atoms in total. The molecule has 1 heterocycles. The standard InChI is InChI=1S/C16H19BrN2O2/c1-4-19-10-12(17)9-14(19)16(20)18-11(2)13-7-5-6-8-15(13)21-3/h5-11H,4H2,1-3H3,(H,18,20). The van der Waals surface area contributed by atoms with E-state index in [0.717, 1.165) is 22.3 Å². The number of aromatic nitrogens is 1. The molecular formula is C16H19BrN2O2. The molecule has 0 saturated carbocycles. The van der Waals surface area contributed by atoms with Crippen LogP contribution in [-0.4, -0.2) is 17.6 Å². The molecule has 1 unspecified atom stereocenters. The van der Waals surface area contributed by atoms with Crippen LogP contribution in [0.15, 0.2) is 41.0 Å². The molecule has 0 saturated heterocycles. The SMILES string of the molecule is CCn1cc(Br)cc1C(=O)NC(C)c1ccccc1OC. The predicted molar refractivity (Wildman–Crippen MR) is 86.7 cm³/mol. The maximum atomic E-state index is 12.4. The molecule has 0 fully saturated rings. The summed E-state index contributed by atoms with van der Waals surface area (Å²) in [6.45, 7) is 4.70. The first-order valence-electron chi connectivity index (χ1n) is 6.86. The maximum Gasteiger partial charge on any atom is 0.268 e. The van der Waals surface area contributed by atoms with Gasteiger partial charge < -0.3 is 14.6 Å². The number of hydrogen-bond donors (Lipinski definition) is 1. The average Bonchev–Trinajstić information content (AvgIpc) is 2.88. The number of para-hydroxylation sites is 1. The second-order valence-corrected chi connectivity index (χ2v) is 5.68. The lowest BCUT2D eigenvalue weighted by atomic mass is 10.1. The second kappa shape index (κ2) is 6.80. The van der Waals surface area contributed by atoms with Gasteiger partial charge in [0.05, 0.1) is 13.2 Å². The van der Waals surface area contributed by atoms with Gasteiger partial charge >= 0.3 is 0 Å². The fourth-order valence-electron chi connectivity index (χ4n) is 2.30. The van der Waals surface area contributed by atoms with Crippen molar-refractivity contribution in [1.82, 2.24) is 9.88 Å². The summed E-state index contributed by atoms with van der Waals surface area (Å²) in [5, 5.41) is 3.01. The Labute approximate surface area is 133 Å². The van der Waals surface area contributed by atoms with Crippen LogP contribution in [-0.2, 0) is 6.54 Å². The van der Waals surface area contributed by atoms with Gasteiger partial charge in [0.1, 0.15) is 11.4 Å². The number of hydrogen-bond acceptors (Lipinski definition) is 2. The van der Waals surface area contributed by atoms with E-state index in [2.05, 4.69) is 21.2 Å². The number of methoxy groups -OCH3 is 1. The summed E-state index contributed by atoms with van der Waals surface area (Å²) in [6.07, 6.45) is 1.91. The monoisotopic (exact) mass is 350 g/mol. The number of nitrogens with zero attached hydrogens (tertiary/aromatic N) is 1. The lowest BCUT2D eigenvalue weighted by Crippen LogP contribution is -2.28. The Balaban J connectivity index is 2.19. The van der Waals surface area contributed by atoms with E-state index >= 15 is 0 Å². The minimum atomic E-state index is -0.132. The summed E-state index contributed by atoms with van der Waals surface area (Å²) < 4.78 is 8.15. The van der Waals surface area contributed by atoms with Crippen LogP contribution in [0.4, 0.5) is 0 Å². The van der Waals surface area contributed by atoms with E-state index in [-0.39, 0.29) is 11.9 Å². The van der Waals surface area contributed by atoms with Crippen LogP contribution in [0.25, 0.3) is 0 Å². The summed E-state index contributed by atoms with van der Waals surface area (Å²) in [4.78, 5) is 12.4. The van der Waals surface area contributed by atoms with Gasteiger partial charge in [0.15, 0.2) is 0 Å². The zero-order valence-corrected chi connectivity index (χ0v) is 14.0. The number of ether oxygens (including phenoxy) is 1. The van der Waals surface area contributed by atoms with Gasteiger partial charge in [0.25, 0.3) is 5.91 Å². The van der Waals surface area contributed by atoms with E-state index < -0.39 is 0 Å². The Morgan fingerprint density at radius 2 is 2.14 bits per heavy atom. The van der Waals surface area contributed by atoms with Crippen molar-refractivity contribution in [3.63, 3.8) is 0 Å². The van der Waals surface area contributed by atoms with Gasteiger partial charge in [-0.1, -0.05) is 18.2 Å². The zero-order chi connectivity index (χ0) is 15.4. The third kappa shape index (κ3) is 3.47. The summed E-state index contributed by atoms with van der Waals surface area (Å²) in [7, 11) is 1.63. The molecule has 5 heteroatoms. The van der Waals surface area contributed by atoms with Crippen molar-refractivity contribution in [2.24, 2.45) is 0 Å². The fourth-order valence-corrected chi connectivity index (χ4v) is 2.76. The Morgan fingerprint density at radius 3 is 2.81 bits per heavy atom. The van der Waals surface area contributed by atoms with Gasteiger partial charge in [-0.05, 0) is 41.9 Å². The van der Waals surface area contributed by atoms with Crippen molar-refractivity contribution >= 4 is 21.8 Å². The Kier molecular flexibility index (Phi) is 5.07. The molecule has 21 heavy (non-hydrogen) atoms. The van der Waals surface area contributed by atoms with Gasteiger partial charge in [-0.15, -0.1) is 0 Å². The lowest BCUT2D eigenvalue weighted by molar-refractivity contribution is 0.0930. The molecule has 0 aliphatic heterocycles. The molecule has 0 radical (unpaired) electrons. The topological polar surface area (TPSA) is 43.3 Å². The first-order chi connectivity index (χ1) is 10.1. The predicted octanol–water partition coefficient (Wildman–Crippen LogP) is 3.77. The number of nitrogens with one attached hydrogen (secondary N) is 1. The molecule has 1 aromatic carbocycles. The highest BCUT2D eigenvalue weighted by molar-refractivity contribution is 9.10. The highest BCUT2D eigenvalue weighted by Gasteiger charge is 2.17. The van der Waals surface area contributed by atoms with Crippen LogP contribution in [0, 0.1) is 0 Å². The van der Waals surface area contributed by atoms with E-state index in [0.29, 0.717) is 5.69 Å².